The molecular formula is C15H11BrN6OS. The number of aromatic nitrogens is 4. The van der Waals surface area contributed by atoms with E-state index in [1.54, 1.807) is 18.4 Å². The first kappa shape index (κ1) is 16.3. The fourth-order valence-corrected chi connectivity index (χ4v) is 2.92. The second-order valence-corrected chi connectivity index (χ2v) is 6.71. The number of hydrogen-bond donors (Lipinski definition) is 1. The fraction of sp³-hybridized carbons (Fsp3) is 0.133. The normalized spacial score (nSPS) is 11.7. The summed E-state index contributed by atoms with van der Waals surface area (Å²) in [6.07, 6.45) is 0. The summed E-state index contributed by atoms with van der Waals surface area (Å²) in [5, 5.41) is 26.2. The standard InChI is InChI=1S/C15H11BrN6OS/c1-9(14(23)18-15-11(8-17)6-7-24-15)22-20-13(19-21-22)10-2-4-12(16)5-3-10/h2-7,9H,1H3,(H,18,23)/t9-/m0/s1. The van der Waals surface area contributed by atoms with E-state index in [0.717, 1.165) is 10.0 Å². The van der Waals surface area contributed by atoms with Crippen LogP contribution in [-0.2, 0) is 4.79 Å². The Bertz CT molecular complexity index is 911. The molecule has 0 spiro atoms. The van der Waals surface area contributed by atoms with Gasteiger partial charge in [-0.3, -0.25) is 4.79 Å². The molecule has 0 radical (unpaired) electrons. The predicted octanol–water partition coefficient (Wildman–Crippen LogP) is 3.24. The number of halogens is 1. The summed E-state index contributed by atoms with van der Waals surface area (Å²) in [5.74, 6) is 0.129. The lowest BCUT2D eigenvalue weighted by Crippen LogP contribution is -2.25. The van der Waals surface area contributed by atoms with Crippen LogP contribution in [0.1, 0.15) is 18.5 Å². The molecule has 24 heavy (non-hydrogen) atoms. The number of tetrazole rings is 1. The third kappa shape index (κ3) is 3.34. The van der Waals surface area contributed by atoms with Crippen LogP contribution in [0, 0.1) is 11.3 Å². The molecule has 0 saturated heterocycles. The number of nitrogens with one attached hydrogen (secondary N) is 1. The van der Waals surface area contributed by atoms with Gasteiger partial charge in [0.1, 0.15) is 17.1 Å². The molecule has 0 saturated carbocycles. The van der Waals surface area contributed by atoms with E-state index in [0.29, 0.717) is 16.4 Å². The van der Waals surface area contributed by atoms with Crippen LogP contribution in [0.4, 0.5) is 5.00 Å². The van der Waals surface area contributed by atoms with E-state index in [-0.39, 0.29) is 5.91 Å². The van der Waals surface area contributed by atoms with Gasteiger partial charge in [0, 0.05) is 10.0 Å². The number of thiophene rings is 1. The molecule has 1 aromatic carbocycles. The third-order valence-corrected chi connectivity index (χ3v) is 4.64. The molecular weight excluding hydrogens is 392 g/mol. The lowest BCUT2D eigenvalue weighted by Gasteiger charge is -2.09. The molecule has 3 aromatic rings. The maximum atomic E-state index is 12.3. The van der Waals surface area contributed by atoms with Gasteiger partial charge in [0.2, 0.25) is 5.82 Å². The molecule has 9 heteroatoms. The summed E-state index contributed by atoms with van der Waals surface area (Å²) in [6.45, 7) is 1.67. The van der Waals surface area contributed by atoms with E-state index in [2.05, 4.69) is 36.7 Å². The maximum Gasteiger partial charge on any atom is 0.251 e. The average Bonchev–Trinajstić information content (AvgIpc) is 3.24. The molecule has 2 aromatic heterocycles. The molecule has 1 N–H and O–H groups in total. The molecule has 0 aliphatic heterocycles. The molecule has 0 unspecified atom stereocenters. The first-order valence-electron chi connectivity index (χ1n) is 6.92. The highest BCUT2D eigenvalue weighted by molar-refractivity contribution is 9.10. The molecule has 2 heterocycles. The minimum Gasteiger partial charge on any atom is -0.315 e. The maximum absolute atomic E-state index is 12.3. The lowest BCUT2D eigenvalue weighted by atomic mass is 10.2. The Morgan fingerprint density at radius 2 is 2.12 bits per heavy atom. The summed E-state index contributed by atoms with van der Waals surface area (Å²) < 4.78 is 0.954. The molecule has 0 aliphatic carbocycles. The van der Waals surface area contributed by atoms with Crippen LogP contribution in [0.15, 0.2) is 40.2 Å². The zero-order valence-corrected chi connectivity index (χ0v) is 14.9. The Morgan fingerprint density at radius 3 is 2.83 bits per heavy atom. The van der Waals surface area contributed by atoms with Crippen LogP contribution in [-0.4, -0.2) is 26.1 Å². The van der Waals surface area contributed by atoms with E-state index in [1.807, 2.05) is 30.3 Å². The molecule has 0 fully saturated rings. The van der Waals surface area contributed by atoms with Gasteiger partial charge in [0.05, 0.1) is 5.56 Å². The summed E-state index contributed by atoms with van der Waals surface area (Å²) in [4.78, 5) is 13.6. The van der Waals surface area contributed by atoms with E-state index >= 15 is 0 Å². The van der Waals surface area contributed by atoms with Crippen LogP contribution < -0.4 is 5.32 Å². The predicted molar refractivity (Wildman–Crippen MR) is 93.3 cm³/mol. The van der Waals surface area contributed by atoms with E-state index in [1.165, 1.54) is 16.1 Å². The van der Waals surface area contributed by atoms with Crippen molar-refractivity contribution in [2.45, 2.75) is 13.0 Å². The molecule has 7 nitrogen and oxygen atoms in total. The second kappa shape index (κ2) is 6.90. The number of nitrogens with zero attached hydrogens (tertiary/aromatic N) is 5. The summed E-state index contributed by atoms with van der Waals surface area (Å²) in [7, 11) is 0. The quantitative estimate of drug-likeness (QED) is 0.722. The first-order valence-corrected chi connectivity index (χ1v) is 8.59. The number of carbonyl (C=O) groups is 1. The smallest absolute Gasteiger partial charge is 0.251 e. The lowest BCUT2D eigenvalue weighted by molar-refractivity contribution is -0.119. The van der Waals surface area contributed by atoms with Crippen LogP contribution >= 0.6 is 27.3 Å². The molecule has 120 valence electrons. The van der Waals surface area contributed by atoms with Crippen molar-refractivity contribution in [2.24, 2.45) is 0 Å². The molecule has 0 bridgehead atoms. The van der Waals surface area contributed by atoms with Crippen molar-refractivity contribution in [3.05, 3.63) is 45.7 Å². The van der Waals surface area contributed by atoms with Crippen LogP contribution in [0.5, 0.6) is 0 Å². The summed E-state index contributed by atoms with van der Waals surface area (Å²) in [5.41, 5.74) is 1.24. The van der Waals surface area contributed by atoms with Crippen molar-refractivity contribution < 1.29 is 4.79 Å². The second-order valence-electron chi connectivity index (χ2n) is 4.88. The summed E-state index contributed by atoms with van der Waals surface area (Å²) in [6, 6.07) is 10.5. The number of carbonyl (C=O) groups excluding carboxylic acids is 1. The number of nitriles is 1. The van der Waals surface area contributed by atoms with Gasteiger partial charge >= 0.3 is 0 Å². The number of amides is 1. The van der Waals surface area contributed by atoms with Gasteiger partial charge in [-0.15, -0.1) is 21.5 Å². The fourth-order valence-electron chi connectivity index (χ4n) is 1.92. The first-order chi connectivity index (χ1) is 11.6. The van der Waals surface area contributed by atoms with E-state index < -0.39 is 6.04 Å². The van der Waals surface area contributed by atoms with E-state index in [4.69, 9.17) is 5.26 Å². The number of hydrogen-bond acceptors (Lipinski definition) is 6. The monoisotopic (exact) mass is 402 g/mol. The van der Waals surface area contributed by atoms with Gasteiger partial charge in [0.15, 0.2) is 0 Å². The Hall–Kier alpha value is -2.57. The molecule has 0 aliphatic rings. The van der Waals surface area contributed by atoms with Crippen LogP contribution in [0.25, 0.3) is 11.4 Å². The summed E-state index contributed by atoms with van der Waals surface area (Å²) >= 11 is 4.66. The van der Waals surface area contributed by atoms with Crippen LogP contribution in [0.2, 0.25) is 0 Å². The van der Waals surface area contributed by atoms with Gasteiger partial charge in [-0.25, -0.2) is 0 Å². The van der Waals surface area contributed by atoms with Crippen molar-refractivity contribution in [1.82, 2.24) is 20.2 Å². The highest BCUT2D eigenvalue weighted by Crippen LogP contribution is 2.23. The average molecular weight is 403 g/mol. The van der Waals surface area contributed by atoms with Gasteiger partial charge < -0.3 is 5.32 Å². The van der Waals surface area contributed by atoms with Gasteiger partial charge in [0.25, 0.3) is 5.91 Å². The topological polar surface area (TPSA) is 96.5 Å². The van der Waals surface area contributed by atoms with Crippen molar-refractivity contribution in [2.75, 3.05) is 5.32 Å². The largest absolute Gasteiger partial charge is 0.315 e. The third-order valence-electron chi connectivity index (χ3n) is 3.28. The number of benzene rings is 1. The Kier molecular flexibility index (Phi) is 4.69. The van der Waals surface area contributed by atoms with Crippen molar-refractivity contribution >= 4 is 38.2 Å². The minimum absolute atomic E-state index is 0.311. The highest BCUT2D eigenvalue weighted by Gasteiger charge is 2.20. The SMILES string of the molecule is C[C@@H](C(=O)Nc1sccc1C#N)n1nnc(-c2ccc(Br)cc2)n1. The number of rotatable bonds is 4. The number of anilines is 1. The van der Waals surface area contributed by atoms with Crippen molar-refractivity contribution in [3.8, 4) is 17.5 Å². The zero-order chi connectivity index (χ0) is 17.1. The van der Waals surface area contributed by atoms with Gasteiger partial charge in [-0.05, 0) is 47.8 Å². The molecule has 1 amide bonds. The Labute approximate surface area is 150 Å². The molecule has 3 rings (SSSR count). The van der Waals surface area contributed by atoms with Crippen molar-refractivity contribution in [3.63, 3.8) is 0 Å². The van der Waals surface area contributed by atoms with Gasteiger partial charge in [-0.2, -0.15) is 10.1 Å². The van der Waals surface area contributed by atoms with Crippen molar-refractivity contribution in [1.29, 1.82) is 5.26 Å². The van der Waals surface area contributed by atoms with E-state index in [9.17, 15) is 4.79 Å². The Morgan fingerprint density at radius 1 is 1.38 bits per heavy atom. The van der Waals surface area contributed by atoms with Gasteiger partial charge in [-0.1, -0.05) is 15.9 Å². The molecule has 1 atom stereocenters. The zero-order valence-electron chi connectivity index (χ0n) is 12.5. The minimum atomic E-state index is -0.657. The Balaban J connectivity index is 1.76. The highest BCUT2D eigenvalue weighted by atomic mass is 79.9. The van der Waals surface area contributed by atoms with Crippen LogP contribution in [0.3, 0.4) is 0 Å².